The van der Waals surface area contributed by atoms with E-state index in [2.05, 4.69) is 27.7 Å². The quantitative estimate of drug-likeness (QED) is 0.908. The summed E-state index contributed by atoms with van der Waals surface area (Å²) in [6.45, 7) is 9.11. The molecule has 0 aromatic carbocycles. The summed E-state index contributed by atoms with van der Waals surface area (Å²) in [5.41, 5.74) is 7.85. The summed E-state index contributed by atoms with van der Waals surface area (Å²) in [6, 6.07) is 0.199. The van der Waals surface area contributed by atoms with Gasteiger partial charge in [-0.15, -0.1) is 11.3 Å². The molecule has 18 heavy (non-hydrogen) atoms. The molecule has 0 saturated carbocycles. The third kappa shape index (κ3) is 3.49. The Morgan fingerprint density at radius 3 is 2.89 bits per heavy atom. The normalized spacial score (nSPS) is 22.2. The van der Waals surface area contributed by atoms with Crippen LogP contribution in [0.3, 0.4) is 0 Å². The zero-order valence-electron chi connectivity index (χ0n) is 11.8. The zero-order chi connectivity index (χ0) is 13.3. The fourth-order valence-corrected chi connectivity index (χ4v) is 4.68. The second-order valence-corrected chi connectivity index (χ2v) is 8.62. The Labute approximate surface area is 119 Å². The maximum Gasteiger partial charge on any atom is 0.103 e. The SMILES string of the molecule is CC(C)CSCc1nc2c(s1)C(N)CC(C)(C)C2. The number of rotatable bonds is 4. The number of hydrogen-bond acceptors (Lipinski definition) is 4. The van der Waals surface area contributed by atoms with Crippen LogP contribution in [0.2, 0.25) is 0 Å². The molecule has 0 amide bonds. The van der Waals surface area contributed by atoms with E-state index in [-0.39, 0.29) is 6.04 Å². The van der Waals surface area contributed by atoms with Crippen molar-refractivity contribution >= 4 is 23.1 Å². The highest BCUT2D eigenvalue weighted by molar-refractivity contribution is 7.98. The summed E-state index contributed by atoms with van der Waals surface area (Å²) < 4.78 is 0. The predicted octanol–water partition coefficient (Wildman–Crippen LogP) is 4.00. The molecule has 1 aliphatic carbocycles. The summed E-state index contributed by atoms with van der Waals surface area (Å²) in [6.07, 6.45) is 2.17. The molecule has 1 aromatic rings. The first kappa shape index (κ1) is 14.4. The smallest absolute Gasteiger partial charge is 0.103 e. The van der Waals surface area contributed by atoms with Gasteiger partial charge >= 0.3 is 0 Å². The average Bonchev–Trinajstić information content (AvgIpc) is 2.58. The summed E-state index contributed by atoms with van der Waals surface area (Å²) in [4.78, 5) is 6.15. The topological polar surface area (TPSA) is 38.9 Å². The molecule has 2 nitrogen and oxygen atoms in total. The molecule has 1 aliphatic rings. The van der Waals surface area contributed by atoms with Crippen molar-refractivity contribution in [3.63, 3.8) is 0 Å². The Hall–Kier alpha value is -0.0600. The van der Waals surface area contributed by atoms with Crippen LogP contribution in [-0.4, -0.2) is 10.7 Å². The van der Waals surface area contributed by atoms with Crippen LogP contribution in [0, 0.1) is 11.3 Å². The lowest BCUT2D eigenvalue weighted by Gasteiger charge is -2.32. The zero-order valence-corrected chi connectivity index (χ0v) is 13.5. The molecule has 0 fully saturated rings. The van der Waals surface area contributed by atoms with E-state index in [0.717, 1.165) is 24.5 Å². The molecule has 1 unspecified atom stereocenters. The van der Waals surface area contributed by atoms with Crippen LogP contribution in [0.1, 0.15) is 55.7 Å². The molecule has 0 bridgehead atoms. The van der Waals surface area contributed by atoms with Gasteiger partial charge in [-0.2, -0.15) is 11.8 Å². The first-order chi connectivity index (χ1) is 8.37. The summed E-state index contributed by atoms with van der Waals surface area (Å²) in [5, 5.41) is 1.26. The summed E-state index contributed by atoms with van der Waals surface area (Å²) in [5.74, 6) is 3.01. The van der Waals surface area contributed by atoms with Crippen LogP contribution in [0.5, 0.6) is 0 Å². The van der Waals surface area contributed by atoms with E-state index in [9.17, 15) is 0 Å². The first-order valence-corrected chi connectivity index (χ1v) is 8.66. The highest BCUT2D eigenvalue weighted by Crippen LogP contribution is 2.42. The van der Waals surface area contributed by atoms with Gasteiger partial charge < -0.3 is 5.73 Å². The van der Waals surface area contributed by atoms with Gasteiger partial charge in [0.05, 0.1) is 5.69 Å². The molecule has 0 aliphatic heterocycles. The number of fused-ring (bicyclic) bond motifs is 1. The molecule has 1 aromatic heterocycles. The number of nitrogens with zero attached hydrogens (tertiary/aromatic N) is 1. The summed E-state index contributed by atoms with van der Waals surface area (Å²) in [7, 11) is 0. The molecule has 0 radical (unpaired) electrons. The second kappa shape index (κ2) is 5.51. The van der Waals surface area contributed by atoms with Gasteiger partial charge in [0, 0.05) is 16.7 Å². The van der Waals surface area contributed by atoms with E-state index < -0.39 is 0 Å². The van der Waals surface area contributed by atoms with E-state index in [4.69, 9.17) is 10.7 Å². The second-order valence-electron chi connectivity index (χ2n) is 6.48. The molecule has 0 spiro atoms. The highest BCUT2D eigenvalue weighted by atomic mass is 32.2. The molecular formula is C14H24N2S2. The lowest BCUT2D eigenvalue weighted by molar-refractivity contribution is 0.282. The van der Waals surface area contributed by atoms with Crippen molar-refractivity contribution in [3.8, 4) is 0 Å². The van der Waals surface area contributed by atoms with Crippen molar-refractivity contribution in [3.05, 3.63) is 15.6 Å². The van der Waals surface area contributed by atoms with Gasteiger partial charge in [0.15, 0.2) is 0 Å². The first-order valence-electron chi connectivity index (χ1n) is 6.69. The van der Waals surface area contributed by atoms with Gasteiger partial charge in [0.25, 0.3) is 0 Å². The number of thiazole rings is 1. The lowest BCUT2D eigenvalue weighted by atomic mass is 9.77. The third-order valence-electron chi connectivity index (χ3n) is 3.20. The number of thioether (sulfide) groups is 1. The van der Waals surface area contributed by atoms with Gasteiger partial charge in [-0.1, -0.05) is 27.7 Å². The van der Waals surface area contributed by atoms with Crippen molar-refractivity contribution in [2.24, 2.45) is 17.1 Å². The fraction of sp³-hybridized carbons (Fsp3) is 0.786. The number of aromatic nitrogens is 1. The van der Waals surface area contributed by atoms with Crippen LogP contribution in [0.15, 0.2) is 0 Å². The van der Waals surface area contributed by atoms with Crippen molar-refractivity contribution < 1.29 is 0 Å². The predicted molar refractivity (Wildman–Crippen MR) is 82.1 cm³/mol. The Morgan fingerprint density at radius 2 is 2.22 bits per heavy atom. The standard InChI is InChI=1S/C14H24N2S2/c1-9(2)7-17-8-12-16-11-6-14(3,4)5-10(15)13(11)18-12/h9-10H,5-8,15H2,1-4H3. The van der Waals surface area contributed by atoms with Crippen LogP contribution >= 0.6 is 23.1 Å². The maximum atomic E-state index is 6.28. The van der Waals surface area contributed by atoms with Gasteiger partial charge in [0.1, 0.15) is 5.01 Å². The van der Waals surface area contributed by atoms with E-state index in [1.807, 2.05) is 23.1 Å². The van der Waals surface area contributed by atoms with Gasteiger partial charge in [-0.3, -0.25) is 0 Å². The van der Waals surface area contributed by atoms with Gasteiger partial charge in [-0.05, 0) is 29.9 Å². The average molecular weight is 284 g/mol. The Morgan fingerprint density at radius 1 is 1.50 bits per heavy atom. The van der Waals surface area contributed by atoms with E-state index >= 15 is 0 Å². The third-order valence-corrected chi connectivity index (χ3v) is 6.00. The van der Waals surface area contributed by atoms with Gasteiger partial charge in [-0.25, -0.2) is 4.98 Å². The van der Waals surface area contributed by atoms with Crippen LogP contribution in [-0.2, 0) is 12.2 Å². The van der Waals surface area contributed by atoms with Crippen LogP contribution in [0.4, 0.5) is 0 Å². The molecular weight excluding hydrogens is 260 g/mol. The fourth-order valence-electron chi connectivity index (χ4n) is 2.49. The molecule has 4 heteroatoms. The molecule has 1 heterocycles. The van der Waals surface area contributed by atoms with E-state index in [1.54, 1.807) is 0 Å². The number of nitrogens with two attached hydrogens (primary N) is 1. The largest absolute Gasteiger partial charge is 0.323 e. The minimum atomic E-state index is 0.199. The molecule has 0 saturated heterocycles. The van der Waals surface area contributed by atoms with Crippen molar-refractivity contribution in [2.75, 3.05) is 5.75 Å². The molecule has 102 valence electrons. The van der Waals surface area contributed by atoms with Crippen molar-refractivity contribution in [2.45, 2.75) is 52.3 Å². The maximum absolute atomic E-state index is 6.28. The molecule has 1 atom stereocenters. The lowest BCUT2D eigenvalue weighted by Crippen LogP contribution is -2.28. The Kier molecular flexibility index (Phi) is 4.40. The minimum Gasteiger partial charge on any atom is -0.323 e. The van der Waals surface area contributed by atoms with Gasteiger partial charge in [0.2, 0.25) is 0 Å². The number of hydrogen-bond donors (Lipinski definition) is 1. The Balaban J connectivity index is 2.04. The summed E-state index contributed by atoms with van der Waals surface area (Å²) >= 11 is 3.82. The molecule has 2 rings (SSSR count). The van der Waals surface area contributed by atoms with Crippen LogP contribution in [0.25, 0.3) is 0 Å². The Bertz CT molecular complexity index is 410. The minimum absolute atomic E-state index is 0.199. The van der Waals surface area contributed by atoms with E-state index in [0.29, 0.717) is 5.41 Å². The van der Waals surface area contributed by atoms with E-state index in [1.165, 1.54) is 21.3 Å². The monoisotopic (exact) mass is 284 g/mol. The highest BCUT2D eigenvalue weighted by Gasteiger charge is 2.33. The molecule has 2 N–H and O–H groups in total. The van der Waals surface area contributed by atoms with Crippen molar-refractivity contribution in [1.29, 1.82) is 0 Å². The van der Waals surface area contributed by atoms with Crippen molar-refractivity contribution in [1.82, 2.24) is 4.98 Å². The van der Waals surface area contributed by atoms with Crippen LogP contribution < -0.4 is 5.73 Å².